The molecule has 0 saturated carbocycles. The second-order valence-electron chi connectivity index (χ2n) is 5.74. The molecule has 0 aliphatic carbocycles. The van der Waals surface area contributed by atoms with Crippen LogP contribution in [0.15, 0.2) is 58.8 Å². The van der Waals surface area contributed by atoms with Gasteiger partial charge in [0.1, 0.15) is 0 Å². The Balaban J connectivity index is 1.93. The maximum absolute atomic E-state index is 4.31. The van der Waals surface area contributed by atoms with Crippen molar-refractivity contribution in [1.29, 1.82) is 0 Å². The van der Waals surface area contributed by atoms with E-state index < -0.39 is 0 Å². The summed E-state index contributed by atoms with van der Waals surface area (Å²) in [6.07, 6.45) is 7.24. The lowest BCUT2D eigenvalue weighted by Crippen LogP contribution is -1.83. The molecule has 0 bridgehead atoms. The fourth-order valence-electron chi connectivity index (χ4n) is 2.34. The summed E-state index contributed by atoms with van der Waals surface area (Å²) in [6, 6.07) is 16.8. The summed E-state index contributed by atoms with van der Waals surface area (Å²) in [5, 5.41) is 8.63. The molecule has 116 valence electrons. The lowest BCUT2D eigenvalue weighted by atomic mass is 10.1. The van der Waals surface area contributed by atoms with Crippen LogP contribution >= 0.6 is 0 Å². The zero-order chi connectivity index (χ0) is 15.6. The molecule has 0 aromatic heterocycles. The third kappa shape index (κ3) is 5.44. The summed E-state index contributed by atoms with van der Waals surface area (Å²) in [6.45, 7) is 4.44. The Morgan fingerprint density at radius 2 is 0.955 bits per heavy atom. The van der Waals surface area contributed by atoms with Gasteiger partial charge in [-0.1, -0.05) is 51.0 Å². The number of nitrogens with zero attached hydrogens (tertiary/aromatic N) is 2. The molecule has 0 aliphatic rings. The van der Waals surface area contributed by atoms with Gasteiger partial charge in [0.25, 0.3) is 0 Å². The lowest BCUT2D eigenvalue weighted by molar-refractivity contribution is 0.795. The van der Waals surface area contributed by atoms with E-state index in [4.69, 9.17) is 0 Å². The smallest absolute Gasteiger partial charge is 0.0857 e. The second-order valence-corrected chi connectivity index (χ2v) is 5.74. The predicted molar refractivity (Wildman–Crippen MR) is 94.3 cm³/mol. The number of hydrogen-bond acceptors (Lipinski definition) is 2. The average molecular weight is 294 g/mol. The first kappa shape index (κ1) is 16.4. The van der Waals surface area contributed by atoms with E-state index in [1.165, 1.54) is 36.8 Å². The van der Waals surface area contributed by atoms with Crippen LogP contribution in [0.25, 0.3) is 0 Å². The van der Waals surface area contributed by atoms with Crippen LogP contribution in [0.4, 0.5) is 11.4 Å². The predicted octanol–water partition coefficient (Wildman–Crippen LogP) is 6.79. The molecule has 0 spiro atoms. The summed E-state index contributed by atoms with van der Waals surface area (Å²) in [4.78, 5) is 0. The van der Waals surface area contributed by atoms with E-state index >= 15 is 0 Å². The summed E-state index contributed by atoms with van der Waals surface area (Å²) < 4.78 is 0. The van der Waals surface area contributed by atoms with E-state index in [9.17, 15) is 0 Å². The maximum atomic E-state index is 4.31. The SMILES string of the molecule is CCCCc1ccc(N=Nc2ccc(CCCC)cc2)cc1. The van der Waals surface area contributed by atoms with Gasteiger partial charge in [0.05, 0.1) is 11.4 Å². The molecular weight excluding hydrogens is 268 g/mol. The minimum Gasteiger partial charge on any atom is -0.151 e. The quantitative estimate of drug-likeness (QED) is 0.479. The van der Waals surface area contributed by atoms with Crippen molar-refractivity contribution < 1.29 is 0 Å². The first-order valence-corrected chi connectivity index (χ1v) is 8.41. The number of aryl methyl sites for hydroxylation is 2. The standard InChI is InChI=1S/C20H26N2/c1-3-5-7-17-9-13-19(14-10-17)21-22-20-15-11-18(12-16-20)8-6-4-2/h9-16H,3-8H2,1-2H3. The molecule has 0 aliphatic heterocycles. The van der Waals surface area contributed by atoms with Crippen molar-refractivity contribution in [3.8, 4) is 0 Å². The molecule has 22 heavy (non-hydrogen) atoms. The molecule has 0 N–H and O–H groups in total. The lowest BCUT2D eigenvalue weighted by Gasteiger charge is -2.01. The molecule has 0 amide bonds. The third-order valence-corrected chi connectivity index (χ3v) is 3.79. The van der Waals surface area contributed by atoms with Crippen LogP contribution in [0.3, 0.4) is 0 Å². The van der Waals surface area contributed by atoms with Crippen LogP contribution in [0.1, 0.15) is 50.7 Å². The van der Waals surface area contributed by atoms with Crippen molar-refractivity contribution in [1.82, 2.24) is 0 Å². The highest BCUT2D eigenvalue weighted by Crippen LogP contribution is 2.20. The van der Waals surface area contributed by atoms with E-state index in [2.05, 4.69) is 48.3 Å². The van der Waals surface area contributed by atoms with Gasteiger partial charge < -0.3 is 0 Å². The minimum absolute atomic E-state index is 0.912. The van der Waals surface area contributed by atoms with Crippen LogP contribution in [0.2, 0.25) is 0 Å². The number of unbranched alkanes of at least 4 members (excludes halogenated alkanes) is 2. The van der Waals surface area contributed by atoms with Crippen LogP contribution in [-0.4, -0.2) is 0 Å². The normalized spacial score (nSPS) is 11.2. The Labute approximate surface area is 134 Å². The third-order valence-electron chi connectivity index (χ3n) is 3.79. The maximum Gasteiger partial charge on any atom is 0.0857 e. The highest BCUT2D eigenvalue weighted by molar-refractivity contribution is 5.42. The number of azo groups is 1. The first-order valence-electron chi connectivity index (χ1n) is 8.41. The van der Waals surface area contributed by atoms with Gasteiger partial charge in [-0.05, 0) is 61.1 Å². The molecule has 0 fully saturated rings. The fourth-order valence-corrected chi connectivity index (χ4v) is 2.34. The highest BCUT2D eigenvalue weighted by Gasteiger charge is 1.95. The first-order chi connectivity index (χ1) is 10.8. The Bertz CT molecular complexity index is 514. The molecule has 0 saturated heterocycles. The van der Waals surface area contributed by atoms with Crippen molar-refractivity contribution in [2.75, 3.05) is 0 Å². The molecule has 2 nitrogen and oxygen atoms in total. The summed E-state index contributed by atoms with van der Waals surface area (Å²) in [7, 11) is 0. The number of hydrogen-bond donors (Lipinski definition) is 0. The van der Waals surface area contributed by atoms with E-state index in [1.54, 1.807) is 0 Å². The number of rotatable bonds is 8. The van der Waals surface area contributed by atoms with E-state index in [0.717, 1.165) is 24.2 Å². The van der Waals surface area contributed by atoms with E-state index in [1.807, 2.05) is 24.3 Å². The zero-order valence-corrected chi connectivity index (χ0v) is 13.8. The van der Waals surface area contributed by atoms with Crippen LogP contribution in [0.5, 0.6) is 0 Å². The minimum atomic E-state index is 0.912. The van der Waals surface area contributed by atoms with Gasteiger partial charge >= 0.3 is 0 Å². The topological polar surface area (TPSA) is 24.7 Å². The van der Waals surface area contributed by atoms with Gasteiger partial charge in [0.2, 0.25) is 0 Å². The Hall–Kier alpha value is -1.96. The van der Waals surface area contributed by atoms with Crippen LogP contribution in [0, 0.1) is 0 Å². The van der Waals surface area contributed by atoms with Crippen LogP contribution < -0.4 is 0 Å². The Kier molecular flexibility index (Phi) is 6.82. The molecule has 2 aromatic rings. The molecule has 0 unspecified atom stereocenters. The van der Waals surface area contributed by atoms with Gasteiger partial charge in [-0.25, -0.2) is 0 Å². The second kappa shape index (κ2) is 9.14. The monoisotopic (exact) mass is 294 g/mol. The van der Waals surface area contributed by atoms with Crippen molar-refractivity contribution in [3.63, 3.8) is 0 Å². The summed E-state index contributed by atoms with van der Waals surface area (Å²) >= 11 is 0. The van der Waals surface area contributed by atoms with Gasteiger partial charge in [-0.3, -0.25) is 0 Å². The molecule has 2 rings (SSSR count). The molecule has 0 atom stereocenters. The van der Waals surface area contributed by atoms with Gasteiger partial charge in [0.15, 0.2) is 0 Å². The van der Waals surface area contributed by atoms with Gasteiger partial charge in [0, 0.05) is 0 Å². The molecular formula is C20H26N2. The van der Waals surface area contributed by atoms with Gasteiger partial charge in [-0.15, -0.1) is 0 Å². The molecule has 2 aromatic carbocycles. The van der Waals surface area contributed by atoms with Crippen molar-refractivity contribution >= 4 is 11.4 Å². The summed E-state index contributed by atoms with van der Waals surface area (Å²) in [5.41, 5.74) is 4.58. The van der Waals surface area contributed by atoms with Gasteiger partial charge in [-0.2, -0.15) is 10.2 Å². The largest absolute Gasteiger partial charge is 0.151 e. The van der Waals surface area contributed by atoms with E-state index in [0.29, 0.717) is 0 Å². The molecule has 0 heterocycles. The van der Waals surface area contributed by atoms with Crippen molar-refractivity contribution in [2.24, 2.45) is 10.2 Å². The Morgan fingerprint density at radius 1 is 0.591 bits per heavy atom. The highest BCUT2D eigenvalue weighted by atomic mass is 15.1. The van der Waals surface area contributed by atoms with Crippen molar-refractivity contribution in [3.05, 3.63) is 59.7 Å². The average Bonchev–Trinajstić information content (AvgIpc) is 2.58. The fraction of sp³-hybridized carbons (Fsp3) is 0.400. The number of benzene rings is 2. The van der Waals surface area contributed by atoms with Crippen LogP contribution in [-0.2, 0) is 12.8 Å². The summed E-state index contributed by atoms with van der Waals surface area (Å²) in [5.74, 6) is 0. The molecule has 0 radical (unpaired) electrons. The zero-order valence-electron chi connectivity index (χ0n) is 13.8. The van der Waals surface area contributed by atoms with E-state index in [-0.39, 0.29) is 0 Å². The Morgan fingerprint density at radius 3 is 1.27 bits per heavy atom. The van der Waals surface area contributed by atoms with Crippen molar-refractivity contribution in [2.45, 2.75) is 52.4 Å². The molecule has 2 heteroatoms.